The molecule has 3 N–H and O–H groups in total. The zero-order chi connectivity index (χ0) is 18.1. The van der Waals surface area contributed by atoms with Gasteiger partial charge in [-0.25, -0.2) is 4.68 Å². The predicted molar refractivity (Wildman–Crippen MR) is 99.4 cm³/mol. The standard InChI is InChI=1S/C21H16N2O3/c24-17-7-1-14(2-8-17)20-13-21(15-3-9-18(25)10-4-15)23(22-20)16-5-11-19(26)12-6-16/h1-13,24-26H. The Morgan fingerprint density at radius 2 is 1.04 bits per heavy atom. The summed E-state index contributed by atoms with van der Waals surface area (Å²) in [4.78, 5) is 0. The Morgan fingerprint density at radius 3 is 1.58 bits per heavy atom. The molecule has 4 aromatic rings. The Hall–Kier alpha value is -3.73. The Bertz CT molecular complexity index is 971. The Labute approximate surface area is 150 Å². The summed E-state index contributed by atoms with van der Waals surface area (Å²) in [6.45, 7) is 0. The molecule has 4 rings (SSSR count). The summed E-state index contributed by atoms with van der Waals surface area (Å²) < 4.78 is 1.79. The molecule has 0 aliphatic heterocycles. The second-order valence-corrected chi connectivity index (χ2v) is 5.94. The maximum atomic E-state index is 9.56. The average Bonchev–Trinajstić information content (AvgIpc) is 3.09. The first-order chi connectivity index (χ1) is 12.6. The van der Waals surface area contributed by atoms with Gasteiger partial charge in [0.05, 0.1) is 17.1 Å². The van der Waals surface area contributed by atoms with Crippen molar-refractivity contribution >= 4 is 0 Å². The Morgan fingerprint density at radius 1 is 0.577 bits per heavy atom. The van der Waals surface area contributed by atoms with E-state index in [2.05, 4.69) is 0 Å². The first-order valence-electron chi connectivity index (χ1n) is 8.08. The molecule has 0 unspecified atom stereocenters. The van der Waals surface area contributed by atoms with Gasteiger partial charge in [-0.05, 0) is 78.9 Å². The van der Waals surface area contributed by atoms with Gasteiger partial charge in [0.15, 0.2) is 0 Å². The number of benzene rings is 3. The SMILES string of the molecule is Oc1ccc(-c2cc(-c3ccc(O)cc3)n(-c3ccc(O)cc3)n2)cc1. The van der Waals surface area contributed by atoms with Crippen molar-refractivity contribution in [1.82, 2.24) is 9.78 Å². The van der Waals surface area contributed by atoms with Gasteiger partial charge in [0.1, 0.15) is 17.2 Å². The molecule has 0 saturated carbocycles. The summed E-state index contributed by atoms with van der Waals surface area (Å²) in [6, 6.07) is 22.5. The summed E-state index contributed by atoms with van der Waals surface area (Å²) >= 11 is 0. The molecule has 0 radical (unpaired) electrons. The van der Waals surface area contributed by atoms with Crippen LogP contribution in [0.25, 0.3) is 28.2 Å². The third-order valence-corrected chi connectivity index (χ3v) is 4.13. The van der Waals surface area contributed by atoms with E-state index in [-0.39, 0.29) is 17.2 Å². The van der Waals surface area contributed by atoms with Crippen LogP contribution in [0, 0.1) is 0 Å². The van der Waals surface area contributed by atoms with Crippen molar-refractivity contribution in [2.45, 2.75) is 0 Å². The molecule has 26 heavy (non-hydrogen) atoms. The van der Waals surface area contributed by atoms with Gasteiger partial charge in [0.2, 0.25) is 0 Å². The van der Waals surface area contributed by atoms with Crippen molar-refractivity contribution < 1.29 is 15.3 Å². The fourth-order valence-electron chi connectivity index (χ4n) is 2.78. The fraction of sp³-hybridized carbons (Fsp3) is 0. The van der Waals surface area contributed by atoms with Crippen LogP contribution in [-0.2, 0) is 0 Å². The van der Waals surface area contributed by atoms with E-state index in [1.54, 1.807) is 65.3 Å². The lowest BCUT2D eigenvalue weighted by Crippen LogP contribution is -1.98. The van der Waals surface area contributed by atoms with Crippen LogP contribution in [-0.4, -0.2) is 25.1 Å². The summed E-state index contributed by atoms with van der Waals surface area (Å²) in [5, 5.41) is 33.3. The average molecular weight is 344 g/mol. The van der Waals surface area contributed by atoms with E-state index >= 15 is 0 Å². The van der Waals surface area contributed by atoms with E-state index in [4.69, 9.17) is 5.10 Å². The van der Waals surface area contributed by atoms with Crippen LogP contribution >= 0.6 is 0 Å². The summed E-state index contributed by atoms with van der Waals surface area (Å²) in [7, 11) is 0. The van der Waals surface area contributed by atoms with Crippen LogP contribution < -0.4 is 0 Å². The second-order valence-electron chi connectivity index (χ2n) is 5.94. The molecule has 0 fully saturated rings. The monoisotopic (exact) mass is 344 g/mol. The minimum absolute atomic E-state index is 0.186. The Balaban J connectivity index is 1.88. The number of rotatable bonds is 3. The van der Waals surface area contributed by atoms with Gasteiger partial charge in [-0.2, -0.15) is 5.10 Å². The number of hydrogen-bond acceptors (Lipinski definition) is 4. The number of phenols is 3. The smallest absolute Gasteiger partial charge is 0.115 e. The number of hydrogen-bond donors (Lipinski definition) is 3. The van der Waals surface area contributed by atoms with Gasteiger partial charge in [-0.1, -0.05) is 0 Å². The molecule has 5 nitrogen and oxygen atoms in total. The third kappa shape index (κ3) is 2.98. The number of nitrogens with zero attached hydrogens (tertiary/aromatic N) is 2. The lowest BCUT2D eigenvalue weighted by Gasteiger charge is -2.08. The molecule has 0 aliphatic carbocycles. The fourth-order valence-corrected chi connectivity index (χ4v) is 2.78. The van der Waals surface area contributed by atoms with E-state index in [0.717, 1.165) is 28.2 Å². The van der Waals surface area contributed by atoms with Crippen LogP contribution in [0.1, 0.15) is 0 Å². The third-order valence-electron chi connectivity index (χ3n) is 4.13. The highest BCUT2D eigenvalue weighted by Crippen LogP contribution is 2.30. The first kappa shape index (κ1) is 15.8. The zero-order valence-corrected chi connectivity index (χ0v) is 13.7. The molecule has 128 valence electrons. The molecule has 1 heterocycles. The summed E-state index contributed by atoms with van der Waals surface area (Å²) in [5.41, 5.74) is 4.17. The van der Waals surface area contributed by atoms with Crippen molar-refractivity contribution in [3.8, 4) is 45.5 Å². The summed E-state index contributed by atoms with van der Waals surface area (Å²) in [5.74, 6) is 0.583. The minimum Gasteiger partial charge on any atom is -0.508 e. The van der Waals surface area contributed by atoms with Crippen molar-refractivity contribution in [3.05, 3.63) is 78.9 Å². The van der Waals surface area contributed by atoms with Gasteiger partial charge in [-0.3, -0.25) is 0 Å². The van der Waals surface area contributed by atoms with Crippen molar-refractivity contribution in [3.63, 3.8) is 0 Å². The maximum Gasteiger partial charge on any atom is 0.115 e. The molecule has 5 heteroatoms. The maximum absolute atomic E-state index is 9.56. The molecular weight excluding hydrogens is 328 g/mol. The number of aromatic hydroxyl groups is 3. The number of aromatic nitrogens is 2. The molecular formula is C21H16N2O3. The topological polar surface area (TPSA) is 78.5 Å². The van der Waals surface area contributed by atoms with E-state index in [0.29, 0.717) is 0 Å². The lowest BCUT2D eigenvalue weighted by atomic mass is 10.1. The van der Waals surface area contributed by atoms with E-state index in [1.165, 1.54) is 0 Å². The molecule has 0 amide bonds. The normalized spacial score (nSPS) is 10.8. The Kier molecular flexibility index (Phi) is 3.82. The van der Waals surface area contributed by atoms with Gasteiger partial charge in [0, 0.05) is 11.1 Å². The molecule has 0 bridgehead atoms. The highest BCUT2D eigenvalue weighted by molar-refractivity contribution is 5.71. The largest absolute Gasteiger partial charge is 0.508 e. The lowest BCUT2D eigenvalue weighted by molar-refractivity contribution is 0.474. The van der Waals surface area contributed by atoms with E-state index < -0.39 is 0 Å². The zero-order valence-electron chi connectivity index (χ0n) is 13.7. The molecule has 0 saturated heterocycles. The van der Waals surface area contributed by atoms with Crippen LogP contribution in [0.4, 0.5) is 0 Å². The molecule has 3 aromatic carbocycles. The molecule has 0 spiro atoms. The van der Waals surface area contributed by atoms with Gasteiger partial charge in [0.25, 0.3) is 0 Å². The molecule has 0 atom stereocenters. The first-order valence-corrected chi connectivity index (χ1v) is 8.08. The molecule has 0 aliphatic rings. The van der Waals surface area contributed by atoms with Gasteiger partial charge in [-0.15, -0.1) is 0 Å². The van der Waals surface area contributed by atoms with Crippen LogP contribution in [0.5, 0.6) is 17.2 Å². The van der Waals surface area contributed by atoms with Gasteiger partial charge >= 0.3 is 0 Å². The van der Waals surface area contributed by atoms with Crippen LogP contribution in [0.3, 0.4) is 0 Å². The van der Waals surface area contributed by atoms with Crippen molar-refractivity contribution in [2.75, 3.05) is 0 Å². The van der Waals surface area contributed by atoms with E-state index in [9.17, 15) is 15.3 Å². The predicted octanol–water partition coefficient (Wildman–Crippen LogP) is 4.32. The minimum atomic E-state index is 0.186. The van der Waals surface area contributed by atoms with Crippen LogP contribution in [0.2, 0.25) is 0 Å². The second kappa shape index (κ2) is 6.29. The highest BCUT2D eigenvalue weighted by atomic mass is 16.3. The number of phenolic OH excluding ortho intramolecular Hbond substituents is 3. The van der Waals surface area contributed by atoms with Crippen molar-refractivity contribution in [1.29, 1.82) is 0 Å². The summed E-state index contributed by atoms with van der Waals surface area (Å²) in [6.07, 6.45) is 0. The van der Waals surface area contributed by atoms with Crippen molar-refractivity contribution in [2.24, 2.45) is 0 Å². The van der Waals surface area contributed by atoms with E-state index in [1.807, 2.05) is 18.2 Å². The highest BCUT2D eigenvalue weighted by Gasteiger charge is 2.13. The quantitative estimate of drug-likeness (QED) is 0.517. The van der Waals surface area contributed by atoms with Crippen LogP contribution in [0.15, 0.2) is 78.9 Å². The molecule has 1 aromatic heterocycles. The van der Waals surface area contributed by atoms with Gasteiger partial charge < -0.3 is 15.3 Å².